The Morgan fingerprint density at radius 1 is 1.05 bits per heavy atom. The highest BCUT2D eigenvalue weighted by Gasteiger charge is 2.16. The molecular formula is C14H22N2O2S. The van der Waals surface area contributed by atoms with E-state index >= 15 is 0 Å². The van der Waals surface area contributed by atoms with Crippen LogP contribution in [0.2, 0.25) is 0 Å². The van der Waals surface area contributed by atoms with E-state index in [1.165, 1.54) is 56.1 Å². The van der Waals surface area contributed by atoms with Gasteiger partial charge in [-0.3, -0.25) is 4.72 Å². The summed E-state index contributed by atoms with van der Waals surface area (Å²) in [5, 5.41) is 0. The molecule has 1 saturated carbocycles. The second-order valence-electron chi connectivity index (χ2n) is 5.35. The Morgan fingerprint density at radius 3 is 2.16 bits per heavy atom. The van der Waals surface area contributed by atoms with Crippen LogP contribution in [0.1, 0.15) is 43.6 Å². The Morgan fingerprint density at radius 2 is 1.63 bits per heavy atom. The molecule has 0 aliphatic heterocycles. The Labute approximate surface area is 116 Å². The van der Waals surface area contributed by atoms with Gasteiger partial charge in [0.05, 0.1) is 0 Å². The van der Waals surface area contributed by atoms with Crippen molar-refractivity contribution in [3.63, 3.8) is 0 Å². The van der Waals surface area contributed by atoms with Crippen LogP contribution in [-0.4, -0.2) is 26.8 Å². The largest absolute Gasteiger partial charge is 0.301 e. The molecule has 0 heterocycles. The summed E-state index contributed by atoms with van der Waals surface area (Å²) < 4.78 is 27.1. The summed E-state index contributed by atoms with van der Waals surface area (Å²) in [5.74, 6) is 0.647. The van der Waals surface area contributed by atoms with Gasteiger partial charge in [0, 0.05) is 19.8 Å². The Bertz CT molecular complexity index is 503. The highest BCUT2D eigenvalue weighted by Crippen LogP contribution is 2.33. The summed E-state index contributed by atoms with van der Waals surface area (Å²) in [7, 11) is -0.380. The summed E-state index contributed by atoms with van der Waals surface area (Å²) in [6, 6.07) is 7.79. The number of rotatable bonds is 4. The highest BCUT2D eigenvalue weighted by molar-refractivity contribution is 7.90. The number of nitrogens with one attached hydrogen (secondary N) is 1. The van der Waals surface area contributed by atoms with Crippen molar-refractivity contribution in [3.05, 3.63) is 29.8 Å². The highest BCUT2D eigenvalue weighted by atomic mass is 32.2. The molecule has 4 nitrogen and oxygen atoms in total. The van der Waals surface area contributed by atoms with Crippen LogP contribution in [0.5, 0.6) is 0 Å². The van der Waals surface area contributed by atoms with Crippen LogP contribution in [0.4, 0.5) is 5.69 Å². The first-order valence-electron chi connectivity index (χ1n) is 6.79. The number of nitrogens with zero attached hydrogens (tertiary/aromatic N) is 1. The molecular weight excluding hydrogens is 260 g/mol. The van der Waals surface area contributed by atoms with E-state index in [9.17, 15) is 8.42 Å². The Hall–Kier alpha value is -1.07. The molecule has 1 fully saturated rings. The van der Waals surface area contributed by atoms with E-state index in [1.54, 1.807) is 0 Å². The summed E-state index contributed by atoms with van der Waals surface area (Å²) >= 11 is 0. The molecule has 5 heteroatoms. The number of hydrogen-bond donors (Lipinski definition) is 1. The molecule has 2 rings (SSSR count). The predicted octanol–water partition coefficient (Wildman–Crippen LogP) is 2.95. The van der Waals surface area contributed by atoms with E-state index in [2.05, 4.69) is 4.72 Å². The second kappa shape index (κ2) is 5.92. The molecule has 1 aliphatic carbocycles. The number of anilines is 1. The van der Waals surface area contributed by atoms with Crippen molar-refractivity contribution < 1.29 is 8.42 Å². The third-order valence-corrected chi connectivity index (χ3v) is 5.17. The maximum absolute atomic E-state index is 11.7. The number of benzene rings is 1. The van der Waals surface area contributed by atoms with Crippen molar-refractivity contribution >= 4 is 15.9 Å². The van der Waals surface area contributed by atoms with E-state index in [0.717, 1.165) is 0 Å². The van der Waals surface area contributed by atoms with Crippen molar-refractivity contribution in [1.29, 1.82) is 0 Å². The van der Waals surface area contributed by atoms with E-state index in [-0.39, 0.29) is 0 Å². The van der Waals surface area contributed by atoms with Crippen LogP contribution in [0.25, 0.3) is 0 Å². The first-order valence-corrected chi connectivity index (χ1v) is 8.23. The molecule has 0 bridgehead atoms. The quantitative estimate of drug-likeness (QED) is 0.923. The van der Waals surface area contributed by atoms with E-state index in [0.29, 0.717) is 11.6 Å². The monoisotopic (exact) mass is 282 g/mol. The van der Waals surface area contributed by atoms with Crippen molar-refractivity contribution in [2.24, 2.45) is 0 Å². The third kappa shape index (κ3) is 3.70. The van der Waals surface area contributed by atoms with Crippen molar-refractivity contribution in [2.75, 3.05) is 18.8 Å². The SMILES string of the molecule is CN(C)S(=O)(=O)Nc1ccc(C2CCCCC2)cc1. The van der Waals surface area contributed by atoms with E-state index in [1.807, 2.05) is 24.3 Å². The molecule has 0 unspecified atom stereocenters. The van der Waals surface area contributed by atoms with Gasteiger partial charge in [-0.2, -0.15) is 12.7 Å². The van der Waals surface area contributed by atoms with Gasteiger partial charge in [-0.1, -0.05) is 31.4 Å². The van der Waals surface area contributed by atoms with Crippen LogP contribution in [0, 0.1) is 0 Å². The van der Waals surface area contributed by atoms with Gasteiger partial charge in [0.2, 0.25) is 0 Å². The second-order valence-corrected chi connectivity index (χ2v) is 7.23. The average Bonchev–Trinajstić information content (AvgIpc) is 2.40. The normalized spacial score (nSPS) is 17.6. The summed E-state index contributed by atoms with van der Waals surface area (Å²) in [6.07, 6.45) is 6.46. The summed E-state index contributed by atoms with van der Waals surface area (Å²) in [6.45, 7) is 0. The molecule has 0 spiro atoms. The molecule has 1 aliphatic rings. The predicted molar refractivity (Wildman–Crippen MR) is 78.5 cm³/mol. The first kappa shape index (κ1) is 14.3. The van der Waals surface area contributed by atoms with Gasteiger partial charge in [-0.25, -0.2) is 0 Å². The Kier molecular flexibility index (Phi) is 4.47. The zero-order valence-electron chi connectivity index (χ0n) is 11.6. The van der Waals surface area contributed by atoms with Crippen molar-refractivity contribution in [1.82, 2.24) is 4.31 Å². The minimum Gasteiger partial charge on any atom is -0.271 e. The lowest BCUT2D eigenvalue weighted by atomic mass is 9.84. The summed E-state index contributed by atoms with van der Waals surface area (Å²) in [4.78, 5) is 0. The standard InChI is InChI=1S/C14H22N2O2S/c1-16(2)19(17,18)15-14-10-8-13(9-11-14)12-6-4-3-5-7-12/h8-12,15H,3-7H2,1-2H3. The van der Waals surface area contributed by atoms with Gasteiger partial charge in [-0.05, 0) is 36.5 Å². The van der Waals surface area contributed by atoms with Gasteiger partial charge in [-0.15, -0.1) is 0 Å². The van der Waals surface area contributed by atoms with Crippen LogP contribution < -0.4 is 4.72 Å². The van der Waals surface area contributed by atoms with Crippen molar-refractivity contribution in [3.8, 4) is 0 Å². The lowest BCUT2D eigenvalue weighted by molar-refractivity contribution is 0.443. The van der Waals surface area contributed by atoms with Crippen LogP contribution in [-0.2, 0) is 10.2 Å². The van der Waals surface area contributed by atoms with Crippen LogP contribution >= 0.6 is 0 Å². The number of hydrogen-bond acceptors (Lipinski definition) is 2. The molecule has 0 saturated heterocycles. The first-order chi connectivity index (χ1) is 8.99. The van der Waals surface area contributed by atoms with Crippen molar-refractivity contribution in [2.45, 2.75) is 38.0 Å². The van der Waals surface area contributed by atoms with E-state index in [4.69, 9.17) is 0 Å². The van der Waals surface area contributed by atoms with E-state index < -0.39 is 10.2 Å². The molecule has 19 heavy (non-hydrogen) atoms. The molecule has 0 amide bonds. The minimum atomic E-state index is -3.41. The van der Waals surface area contributed by atoms with Gasteiger partial charge in [0.25, 0.3) is 0 Å². The van der Waals surface area contributed by atoms with Crippen LogP contribution in [0.3, 0.4) is 0 Å². The van der Waals surface area contributed by atoms with Gasteiger partial charge < -0.3 is 0 Å². The maximum Gasteiger partial charge on any atom is 0.301 e. The fourth-order valence-electron chi connectivity index (χ4n) is 2.50. The Balaban J connectivity index is 2.06. The van der Waals surface area contributed by atoms with Gasteiger partial charge in [0.15, 0.2) is 0 Å². The van der Waals surface area contributed by atoms with Gasteiger partial charge in [0.1, 0.15) is 0 Å². The molecule has 1 N–H and O–H groups in total. The molecule has 0 atom stereocenters. The maximum atomic E-state index is 11.7. The lowest BCUT2D eigenvalue weighted by Gasteiger charge is -2.22. The molecule has 0 aromatic heterocycles. The zero-order chi connectivity index (χ0) is 13.9. The molecule has 106 valence electrons. The lowest BCUT2D eigenvalue weighted by Crippen LogP contribution is -2.28. The topological polar surface area (TPSA) is 49.4 Å². The zero-order valence-corrected chi connectivity index (χ0v) is 12.4. The fraction of sp³-hybridized carbons (Fsp3) is 0.571. The molecule has 1 aromatic carbocycles. The molecule has 0 radical (unpaired) electrons. The third-order valence-electron chi connectivity index (χ3n) is 3.71. The minimum absolute atomic E-state index is 0.619. The average molecular weight is 282 g/mol. The van der Waals surface area contributed by atoms with Gasteiger partial charge >= 0.3 is 10.2 Å². The van der Waals surface area contributed by atoms with Crippen LogP contribution in [0.15, 0.2) is 24.3 Å². The summed E-state index contributed by atoms with van der Waals surface area (Å²) in [5.41, 5.74) is 1.95. The molecule has 1 aromatic rings. The fourth-order valence-corrected chi connectivity index (χ4v) is 3.12. The smallest absolute Gasteiger partial charge is 0.271 e.